The molecule has 3 nitrogen and oxygen atoms in total. The minimum Gasteiger partial charge on any atom is -0.394 e. The van der Waals surface area contributed by atoms with E-state index in [0.29, 0.717) is 9.90 Å². The second-order valence-corrected chi connectivity index (χ2v) is 4.38. The van der Waals surface area contributed by atoms with Crippen LogP contribution in [-0.2, 0) is 0 Å². The zero-order valence-corrected chi connectivity index (χ0v) is 9.58. The lowest BCUT2D eigenvalue weighted by Gasteiger charge is -2.09. The largest absolute Gasteiger partial charge is 0.394 e. The van der Waals surface area contributed by atoms with Crippen LogP contribution in [0.25, 0.3) is 0 Å². The molecule has 14 heavy (non-hydrogen) atoms. The SMILES string of the molecule is Cc1csc(C(=O)NC(C)CO)c1Cl. The van der Waals surface area contributed by atoms with Gasteiger partial charge in [0.15, 0.2) is 0 Å². The number of carbonyl (C=O) groups excluding carboxylic acids is 1. The average molecular weight is 234 g/mol. The molecule has 0 aromatic carbocycles. The minimum atomic E-state index is -0.249. The molecule has 1 heterocycles. The van der Waals surface area contributed by atoms with Crippen LogP contribution in [0, 0.1) is 6.92 Å². The molecule has 0 bridgehead atoms. The molecule has 0 fully saturated rings. The van der Waals surface area contributed by atoms with E-state index in [1.807, 2.05) is 12.3 Å². The van der Waals surface area contributed by atoms with E-state index in [-0.39, 0.29) is 18.6 Å². The zero-order valence-electron chi connectivity index (χ0n) is 8.00. The first kappa shape index (κ1) is 11.5. The molecule has 1 amide bonds. The first-order valence-corrected chi connectivity index (χ1v) is 5.47. The third kappa shape index (κ3) is 2.47. The van der Waals surface area contributed by atoms with Crippen LogP contribution in [0.4, 0.5) is 0 Å². The van der Waals surface area contributed by atoms with Crippen molar-refractivity contribution < 1.29 is 9.90 Å². The van der Waals surface area contributed by atoms with E-state index in [1.54, 1.807) is 6.92 Å². The number of aryl methyl sites for hydroxylation is 1. The Morgan fingerprint density at radius 2 is 2.43 bits per heavy atom. The second kappa shape index (κ2) is 4.77. The first-order chi connectivity index (χ1) is 6.56. The maximum absolute atomic E-state index is 11.6. The smallest absolute Gasteiger partial charge is 0.263 e. The molecule has 2 N–H and O–H groups in total. The molecule has 0 spiro atoms. The number of nitrogens with one attached hydrogen (secondary N) is 1. The molecule has 1 atom stereocenters. The molecule has 0 aliphatic heterocycles. The number of aliphatic hydroxyl groups is 1. The second-order valence-electron chi connectivity index (χ2n) is 3.12. The van der Waals surface area contributed by atoms with E-state index in [4.69, 9.17) is 16.7 Å². The molecule has 0 saturated carbocycles. The normalized spacial score (nSPS) is 12.6. The lowest BCUT2D eigenvalue weighted by Crippen LogP contribution is -2.34. The summed E-state index contributed by atoms with van der Waals surface area (Å²) >= 11 is 7.23. The monoisotopic (exact) mass is 233 g/mol. The van der Waals surface area contributed by atoms with Crippen LogP contribution in [0.1, 0.15) is 22.2 Å². The highest BCUT2D eigenvalue weighted by Crippen LogP contribution is 2.26. The number of halogens is 1. The highest BCUT2D eigenvalue weighted by molar-refractivity contribution is 7.13. The molecule has 5 heteroatoms. The van der Waals surface area contributed by atoms with Gasteiger partial charge in [0.05, 0.1) is 11.6 Å². The number of thiophene rings is 1. The summed E-state index contributed by atoms with van der Waals surface area (Å²) in [5, 5.41) is 13.7. The molecule has 0 aliphatic carbocycles. The Kier molecular flexibility index (Phi) is 3.92. The summed E-state index contributed by atoms with van der Waals surface area (Å²) in [5.74, 6) is -0.227. The summed E-state index contributed by atoms with van der Waals surface area (Å²) in [6, 6.07) is -0.249. The molecular formula is C9H12ClNO2S. The first-order valence-electron chi connectivity index (χ1n) is 4.21. The van der Waals surface area contributed by atoms with Gasteiger partial charge in [-0.15, -0.1) is 11.3 Å². The van der Waals surface area contributed by atoms with E-state index >= 15 is 0 Å². The summed E-state index contributed by atoms with van der Waals surface area (Å²) < 4.78 is 0. The van der Waals surface area contributed by atoms with Gasteiger partial charge in [0.2, 0.25) is 0 Å². The zero-order chi connectivity index (χ0) is 10.7. The molecule has 1 unspecified atom stereocenters. The summed E-state index contributed by atoms with van der Waals surface area (Å²) in [4.78, 5) is 12.1. The third-order valence-electron chi connectivity index (χ3n) is 1.76. The van der Waals surface area contributed by atoms with Gasteiger partial charge in [0, 0.05) is 6.04 Å². The fourth-order valence-electron chi connectivity index (χ4n) is 0.918. The van der Waals surface area contributed by atoms with Gasteiger partial charge in [0.1, 0.15) is 4.88 Å². The Morgan fingerprint density at radius 3 is 2.86 bits per heavy atom. The van der Waals surface area contributed by atoms with Crippen molar-refractivity contribution in [2.24, 2.45) is 0 Å². The van der Waals surface area contributed by atoms with Crippen LogP contribution in [0.3, 0.4) is 0 Å². The average Bonchev–Trinajstić information content (AvgIpc) is 2.47. The number of rotatable bonds is 3. The fourth-order valence-corrected chi connectivity index (χ4v) is 2.10. The maximum atomic E-state index is 11.6. The van der Waals surface area contributed by atoms with Crippen molar-refractivity contribution in [3.63, 3.8) is 0 Å². The third-order valence-corrected chi connectivity index (χ3v) is 3.45. The highest BCUT2D eigenvalue weighted by Gasteiger charge is 2.15. The molecule has 78 valence electrons. The standard InChI is InChI=1S/C9H12ClNO2S/c1-5-4-14-8(7(5)10)9(13)11-6(2)3-12/h4,6,12H,3H2,1-2H3,(H,11,13). The van der Waals surface area contributed by atoms with Gasteiger partial charge in [-0.2, -0.15) is 0 Å². The van der Waals surface area contributed by atoms with Gasteiger partial charge < -0.3 is 10.4 Å². The quantitative estimate of drug-likeness (QED) is 0.837. The maximum Gasteiger partial charge on any atom is 0.263 e. The summed E-state index contributed by atoms with van der Waals surface area (Å²) in [7, 11) is 0. The molecule has 1 rings (SSSR count). The van der Waals surface area contributed by atoms with Crippen molar-refractivity contribution in [1.29, 1.82) is 0 Å². The van der Waals surface area contributed by atoms with E-state index in [2.05, 4.69) is 5.32 Å². The Hall–Kier alpha value is -0.580. The highest BCUT2D eigenvalue weighted by atomic mass is 35.5. The van der Waals surface area contributed by atoms with Gasteiger partial charge in [-0.3, -0.25) is 4.79 Å². The van der Waals surface area contributed by atoms with E-state index in [0.717, 1.165) is 5.56 Å². The van der Waals surface area contributed by atoms with E-state index in [9.17, 15) is 4.79 Å². The van der Waals surface area contributed by atoms with Crippen LogP contribution in [0.5, 0.6) is 0 Å². The number of carbonyl (C=O) groups is 1. The van der Waals surface area contributed by atoms with Crippen molar-refractivity contribution in [3.05, 3.63) is 20.8 Å². The van der Waals surface area contributed by atoms with Gasteiger partial charge >= 0.3 is 0 Å². The van der Waals surface area contributed by atoms with E-state index in [1.165, 1.54) is 11.3 Å². The Balaban J connectivity index is 2.75. The molecule has 0 radical (unpaired) electrons. The summed E-state index contributed by atoms with van der Waals surface area (Å²) in [6.07, 6.45) is 0. The molecule has 0 saturated heterocycles. The Morgan fingerprint density at radius 1 is 1.79 bits per heavy atom. The summed E-state index contributed by atoms with van der Waals surface area (Å²) in [6.45, 7) is 3.51. The predicted molar refractivity (Wildman–Crippen MR) is 58.1 cm³/mol. The number of hydrogen-bond donors (Lipinski definition) is 2. The van der Waals surface area contributed by atoms with Gasteiger partial charge in [-0.1, -0.05) is 11.6 Å². The number of hydrogen-bond acceptors (Lipinski definition) is 3. The number of aliphatic hydroxyl groups excluding tert-OH is 1. The van der Waals surface area contributed by atoms with Crippen LogP contribution in [0.15, 0.2) is 5.38 Å². The molecule has 0 aliphatic rings. The van der Waals surface area contributed by atoms with E-state index < -0.39 is 0 Å². The topological polar surface area (TPSA) is 49.3 Å². The van der Waals surface area contributed by atoms with Crippen molar-refractivity contribution >= 4 is 28.8 Å². The van der Waals surface area contributed by atoms with Crippen molar-refractivity contribution in [1.82, 2.24) is 5.32 Å². The number of amides is 1. The minimum absolute atomic E-state index is 0.0757. The molecule has 1 aromatic rings. The lowest BCUT2D eigenvalue weighted by molar-refractivity contribution is 0.0926. The summed E-state index contributed by atoms with van der Waals surface area (Å²) in [5.41, 5.74) is 0.901. The molecule has 1 aromatic heterocycles. The van der Waals surface area contributed by atoms with Crippen molar-refractivity contribution in [3.8, 4) is 0 Å². The Labute approximate surface area is 91.7 Å². The molecular weight excluding hydrogens is 222 g/mol. The Bertz CT molecular complexity index is 338. The lowest BCUT2D eigenvalue weighted by atomic mass is 10.3. The van der Waals surface area contributed by atoms with Gasteiger partial charge in [-0.05, 0) is 24.8 Å². The van der Waals surface area contributed by atoms with Crippen LogP contribution < -0.4 is 5.32 Å². The predicted octanol–water partition coefficient (Wildman–Crippen LogP) is 1.82. The van der Waals surface area contributed by atoms with Gasteiger partial charge in [0.25, 0.3) is 5.91 Å². The van der Waals surface area contributed by atoms with Crippen molar-refractivity contribution in [2.75, 3.05) is 6.61 Å². The van der Waals surface area contributed by atoms with Gasteiger partial charge in [-0.25, -0.2) is 0 Å². The van der Waals surface area contributed by atoms with Crippen LogP contribution in [-0.4, -0.2) is 23.7 Å². The van der Waals surface area contributed by atoms with Crippen LogP contribution in [0.2, 0.25) is 5.02 Å². The van der Waals surface area contributed by atoms with Crippen molar-refractivity contribution in [2.45, 2.75) is 19.9 Å². The van der Waals surface area contributed by atoms with Crippen LogP contribution >= 0.6 is 22.9 Å². The fraction of sp³-hybridized carbons (Fsp3) is 0.444.